The second kappa shape index (κ2) is 7.77. The minimum absolute atomic E-state index is 0.180. The third-order valence-electron chi connectivity index (χ3n) is 4.05. The Morgan fingerprint density at radius 1 is 1.27 bits per heavy atom. The molecular weight excluding hydrogens is 298 g/mol. The normalized spacial score (nSPS) is 11.4. The summed E-state index contributed by atoms with van der Waals surface area (Å²) in [6, 6.07) is 7.87. The molecular formula is C17H24ClN3O. The van der Waals surface area contributed by atoms with Gasteiger partial charge in [0.05, 0.1) is 18.8 Å². The first kappa shape index (κ1) is 17.0. The number of aliphatic hydroxyl groups excluding tert-OH is 1. The van der Waals surface area contributed by atoms with Crippen molar-refractivity contribution in [1.82, 2.24) is 14.7 Å². The number of hydrogen-bond donors (Lipinski definition) is 1. The summed E-state index contributed by atoms with van der Waals surface area (Å²) in [5.74, 6) is 0. The van der Waals surface area contributed by atoms with Gasteiger partial charge in [0, 0.05) is 29.4 Å². The minimum Gasteiger partial charge on any atom is -0.395 e. The smallest absolute Gasteiger partial charge is 0.0677 e. The molecule has 1 heterocycles. The van der Waals surface area contributed by atoms with Crippen LogP contribution in [0.2, 0.25) is 5.02 Å². The van der Waals surface area contributed by atoms with Crippen molar-refractivity contribution in [3.05, 3.63) is 51.8 Å². The van der Waals surface area contributed by atoms with E-state index in [1.165, 1.54) is 5.56 Å². The number of halogens is 1. The first-order chi connectivity index (χ1) is 10.6. The summed E-state index contributed by atoms with van der Waals surface area (Å²) in [7, 11) is 0. The van der Waals surface area contributed by atoms with E-state index >= 15 is 0 Å². The van der Waals surface area contributed by atoms with Crippen LogP contribution in [0.3, 0.4) is 0 Å². The lowest BCUT2D eigenvalue weighted by Gasteiger charge is -2.19. The molecule has 5 heteroatoms. The maximum atomic E-state index is 9.14. The number of likely N-dealkylation sites (N-methyl/N-ethyl adjacent to an activating group) is 1. The maximum Gasteiger partial charge on any atom is 0.0677 e. The van der Waals surface area contributed by atoms with Crippen molar-refractivity contribution in [2.45, 2.75) is 33.9 Å². The van der Waals surface area contributed by atoms with E-state index in [0.717, 1.165) is 35.1 Å². The topological polar surface area (TPSA) is 41.3 Å². The van der Waals surface area contributed by atoms with E-state index in [2.05, 4.69) is 23.8 Å². The molecule has 0 amide bonds. The fourth-order valence-electron chi connectivity index (χ4n) is 2.62. The molecule has 0 saturated carbocycles. The predicted molar refractivity (Wildman–Crippen MR) is 90.3 cm³/mol. The minimum atomic E-state index is 0.180. The molecule has 0 spiro atoms. The van der Waals surface area contributed by atoms with E-state index in [4.69, 9.17) is 16.7 Å². The van der Waals surface area contributed by atoms with Crippen molar-refractivity contribution in [2.75, 3.05) is 19.7 Å². The van der Waals surface area contributed by atoms with Crippen molar-refractivity contribution >= 4 is 11.6 Å². The highest BCUT2D eigenvalue weighted by Gasteiger charge is 2.15. The monoisotopic (exact) mass is 321 g/mol. The molecule has 1 aromatic carbocycles. The van der Waals surface area contributed by atoms with Gasteiger partial charge in [-0.05, 0) is 32.0 Å². The number of aliphatic hydroxyl groups is 1. The summed E-state index contributed by atoms with van der Waals surface area (Å²) < 4.78 is 2.01. The fourth-order valence-corrected chi connectivity index (χ4v) is 2.81. The molecule has 22 heavy (non-hydrogen) atoms. The second-order valence-corrected chi connectivity index (χ2v) is 5.90. The molecule has 2 rings (SSSR count). The summed E-state index contributed by atoms with van der Waals surface area (Å²) >= 11 is 6.24. The van der Waals surface area contributed by atoms with Crippen LogP contribution in [0.4, 0.5) is 0 Å². The Labute approximate surface area is 137 Å². The highest BCUT2D eigenvalue weighted by Crippen LogP contribution is 2.20. The van der Waals surface area contributed by atoms with E-state index in [1.54, 1.807) is 0 Å². The van der Waals surface area contributed by atoms with Gasteiger partial charge < -0.3 is 5.11 Å². The zero-order valence-corrected chi connectivity index (χ0v) is 14.3. The zero-order chi connectivity index (χ0) is 16.1. The van der Waals surface area contributed by atoms with E-state index in [9.17, 15) is 0 Å². The van der Waals surface area contributed by atoms with Gasteiger partial charge in [0.2, 0.25) is 0 Å². The fraction of sp³-hybridized carbons (Fsp3) is 0.471. The van der Waals surface area contributed by atoms with E-state index < -0.39 is 0 Å². The zero-order valence-electron chi connectivity index (χ0n) is 13.5. The average Bonchev–Trinajstić information content (AvgIpc) is 2.76. The summed E-state index contributed by atoms with van der Waals surface area (Å²) in [6.45, 7) is 9.52. The van der Waals surface area contributed by atoms with Gasteiger partial charge >= 0.3 is 0 Å². The maximum absolute atomic E-state index is 9.14. The molecule has 4 nitrogen and oxygen atoms in total. The van der Waals surface area contributed by atoms with Crippen molar-refractivity contribution in [3.63, 3.8) is 0 Å². The molecule has 0 unspecified atom stereocenters. The highest BCUT2D eigenvalue weighted by atomic mass is 35.5. The molecule has 0 aliphatic rings. The number of aromatic nitrogens is 2. The van der Waals surface area contributed by atoms with Crippen LogP contribution < -0.4 is 0 Å². The number of aryl methyl sites for hydroxylation is 1. The molecule has 0 saturated heterocycles. The van der Waals surface area contributed by atoms with Crippen LogP contribution in [-0.2, 0) is 13.1 Å². The third kappa shape index (κ3) is 3.88. The van der Waals surface area contributed by atoms with Gasteiger partial charge in [-0.2, -0.15) is 5.10 Å². The molecule has 1 N–H and O–H groups in total. The predicted octanol–water partition coefficient (Wildman–Crippen LogP) is 3.02. The third-order valence-corrected chi connectivity index (χ3v) is 4.42. The first-order valence-electron chi connectivity index (χ1n) is 7.66. The summed E-state index contributed by atoms with van der Waals surface area (Å²) in [5.41, 5.74) is 4.51. The number of hydrogen-bond acceptors (Lipinski definition) is 3. The molecule has 120 valence electrons. The number of benzene rings is 1. The van der Waals surface area contributed by atoms with Gasteiger partial charge in [-0.15, -0.1) is 0 Å². The van der Waals surface area contributed by atoms with Gasteiger partial charge in [0.1, 0.15) is 0 Å². The van der Waals surface area contributed by atoms with E-state index in [-0.39, 0.29) is 6.61 Å². The lowest BCUT2D eigenvalue weighted by atomic mass is 10.1. The van der Waals surface area contributed by atoms with Crippen LogP contribution in [0.5, 0.6) is 0 Å². The standard InChI is InChI=1S/C17H24ClN3O/c1-4-20(9-10-22)12-16-13(2)19-21(14(16)3)11-15-7-5-6-8-17(15)18/h5-8,22H,4,9-12H2,1-3H3. The van der Waals surface area contributed by atoms with Gasteiger partial charge in [-0.3, -0.25) is 9.58 Å². The summed E-state index contributed by atoms with van der Waals surface area (Å²) in [6.07, 6.45) is 0. The number of rotatable bonds is 7. The Hall–Kier alpha value is -1.36. The Bertz CT molecular complexity index is 624. The quantitative estimate of drug-likeness (QED) is 0.852. The van der Waals surface area contributed by atoms with Crippen LogP contribution in [0.25, 0.3) is 0 Å². The Kier molecular flexibility index (Phi) is 6.00. The molecule has 0 aliphatic carbocycles. The van der Waals surface area contributed by atoms with E-state index in [0.29, 0.717) is 13.1 Å². The highest BCUT2D eigenvalue weighted by molar-refractivity contribution is 6.31. The van der Waals surface area contributed by atoms with Crippen LogP contribution in [0.1, 0.15) is 29.4 Å². The van der Waals surface area contributed by atoms with Crippen LogP contribution in [0, 0.1) is 13.8 Å². The van der Waals surface area contributed by atoms with Crippen molar-refractivity contribution in [3.8, 4) is 0 Å². The SMILES string of the molecule is CCN(CCO)Cc1c(C)nn(Cc2ccccc2Cl)c1C. The Morgan fingerprint density at radius 2 is 2.00 bits per heavy atom. The second-order valence-electron chi connectivity index (χ2n) is 5.49. The van der Waals surface area contributed by atoms with Crippen LogP contribution >= 0.6 is 11.6 Å². The van der Waals surface area contributed by atoms with Gasteiger partial charge in [-0.25, -0.2) is 0 Å². The lowest BCUT2D eigenvalue weighted by molar-refractivity contribution is 0.196. The molecule has 0 aliphatic heterocycles. The molecule has 0 fully saturated rings. The van der Waals surface area contributed by atoms with Crippen LogP contribution in [0.15, 0.2) is 24.3 Å². The Morgan fingerprint density at radius 3 is 2.64 bits per heavy atom. The molecule has 2 aromatic rings. The molecule has 0 radical (unpaired) electrons. The van der Waals surface area contributed by atoms with Gasteiger partial charge in [0.25, 0.3) is 0 Å². The van der Waals surface area contributed by atoms with Crippen molar-refractivity contribution in [2.24, 2.45) is 0 Å². The van der Waals surface area contributed by atoms with Crippen molar-refractivity contribution in [1.29, 1.82) is 0 Å². The summed E-state index contributed by atoms with van der Waals surface area (Å²) in [4.78, 5) is 2.22. The van der Waals surface area contributed by atoms with Gasteiger partial charge in [-0.1, -0.05) is 36.7 Å². The van der Waals surface area contributed by atoms with Crippen molar-refractivity contribution < 1.29 is 5.11 Å². The largest absolute Gasteiger partial charge is 0.395 e. The average molecular weight is 322 g/mol. The molecule has 0 atom stereocenters. The molecule has 1 aromatic heterocycles. The Balaban J connectivity index is 2.21. The first-order valence-corrected chi connectivity index (χ1v) is 8.04. The van der Waals surface area contributed by atoms with Gasteiger partial charge in [0.15, 0.2) is 0 Å². The molecule has 0 bridgehead atoms. The lowest BCUT2D eigenvalue weighted by Crippen LogP contribution is -2.26. The van der Waals surface area contributed by atoms with E-state index in [1.807, 2.05) is 35.9 Å². The summed E-state index contributed by atoms with van der Waals surface area (Å²) in [5, 5.41) is 14.6. The number of nitrogens with zero attached hydrogens (tertiary/aromatic N) is 3. The van der Waals surface area contributed by atoms with Crippen LogP contribution in [-0.4, -0.2) is 39.5 Å².